The van der Waals surface area contributed by atoms with Crippen LogP contribution in [0.25, 0.3) is 11.1 Å². The quantitative estimate of drug-likeness (QED) is 0.820. The van der Waals surface area contributed by atoms with Crippen molar-refractivity contribution in [2.24, 2.45) is 0 Å². The molecule has 6 nitrogen and oxygen atoms in total. The van der Waals surface area contributed by atoms with Gasteiger partial charge in [-0.25, -0.2) is 18.4 Å². The fourth-order valence-electron chi connectivity index (χ4n) is 2.82. The van der Waals surface area contributed by atoms with Gasteiger partial charge in [0.25, 0.3) is 0 Å². The van der Waals surface area contributed by atoms with Gasteiger partial charge in [0, 0.05) is 5.56 Å². The summed E-state index contributed by atoms with van der Waals surface area (Å²) in [6.45, 7) is 5.92. The van der Waals surface area contributed by atoms with Gasteiger partial charge in [-0.3, -0.25) is 0 Å². The molecule has 2 aromatic carbocycles. The largest absolute Gasteiger partial charge is 0.486 e. The first-order chi connectivity index (χ1) is 13.5. The van der Waals surface area contributed by atoms with Gasteiger partial charge in [-0.2, -0.15) is 0 Å². The van der Waals surface area contributed by atoms with Crippen molar-refractivity contribution >= 4 is 12.1 Å². The summed E-state index contributed by atoms with van der Waals surface area (Å²) in [7, 11) is 0. The van der Waals surface area contributed by atoms with Crippen LogP contribution in [0.4, 0.5) is 13.6 Å². The zero-order valence-electron chi connectivity index (χ0n) is 16.2. The molecule has 2 aromatic rings. The molecule has 3 rings (SSSR count). The average molecular weight is 405 g/mol. The molecule has 0 aromatic heterocycles. The Labute approximate surface area is 166 Å². The van der Waals surface area contributed by atoms with E-state index in [0.29, 0.717) is 24.4 Å². The Kier molecular flexibility index (Phi) is 5.46. The number of ether oxygens (including phenoxy) is 2. The molecule has 8 heteroatoms. The number of amides is 1. The minimum atomic E-state index is -1.15. The minimum Gasteiger partial charge on any atom is -0.486 e. The van der Waals surface area contributed by atoms with Gasteiger partial charge in [0.2, 0.25) is 0 Å². The zero-order chi connectivity index (χ0) is 21.3. The number of halogens is 2. The normalized spacial score (nSPS) is 14.3. The number of aromatic carboxylic acids is 1. The van der Waals surface area contributed by atoms with Gasteiger partial charge >= 0.3 is 12.1 Å². The third kappa shape index (κ3) is 4.82. The first-order valence-corrected chi connectivity index (χ1v) is 9.01. The van der Waals surface area contributed by atoms with E-state index in [-0.39, 0.29) is 17.2 Å². The molecule has 0 aliphatic carbocycles. The second-order valence-corrected chi connectivity index (χ2v) is 7.77. The summed E-state index contributed by atoms with van der Waals surface area (Å²) in [6.07, 6.45) is -0.776. The molecule has 0 spiro atoms. The van der Waals surface area contributed by atoms with Crippen LogP contribution in [0.15, 0.2) is 36.4 Å². The van der Waals surface area contributed by atoms with Crippen molar-refractivity contribution in [2.75, 3.05) is 13.1 Å². The number of nitrogens with zero attached hydrogens (tertiary/aromatic N) is 1. The molecule has 1 aliphatic rings. The van der Waals surface area contributed by atoms with Crippen LogP contribution < -0.4 is 4.74 Å². The van der Waals surface area contributed by atoms with E-state index in [9.17, 15) is 23.5 Å². The Morgan fingerprint density at radius 2 is 1.76 bits per heavy atom. The van der Waals surface area contributed by atoms with Crippen LogP contribution >= 0.6 is 0 Å². The van der Waals surface area contributed by atoms with Gasteiger partial charge in [0.15, 0.2) is 11.6 Å². The lowest BCUT2D eigenvalue weighted by atomic mass is 10.0. The number of hydrogen-bond acceptors (Lipinski definition) is 4. The van der Waals surface area contributed by atoms with Gasteiger partial charge < -0.3 is 19.5 Å². The minimum absolute atomic E-state index is 0.0129. The molecule has 0 unspecified atom stereocenters. The zero-order valence-corrected chi connectivity index (χ0v) is 16.2. The van der Waals surface area contributed by atoms with Crippen molar-refractivity contribution in [3.63, 3.8) is 0 Å². The van der Waals surface area contributed by atoms with E-state index in [1.165, 1.54) is 29.2 Å². The number of rotatable bonds is 4. The summed E-state index contributed by atoms with van der Waals surface area (Å²) in [4.78, 5) is 24.8. The maximum Gasteiger partial charge on any atom is 0.410 e. The van der Waals surface area contributed by atoms with Crippen molar-refractivity contribution in [3.05, 3.63) is 53.6 Å². The number of carbonyl (C=O) groups is 2. The lowest BCUT2D eigenvalue weighted by molar-refractivity contribution is -0.0220. The molecule has 1 N–H and O–H groups in total. The maximum absolute atomic E-state index is 13.7. The van der Waals surface area contributed by atoms with Crippen LogP contribution in [0.5, 0.6) is 5.75 Å². The molecule has 154 valence electrons. The highest BCUT2D eigenvalue weighted by Gasteiger charge is 2.35. The number of likely N-dealkylation sites (tertiary alicyclic amines) is 1. The van der Waals surface area contributed by atoms with E-state index >= 15 is 0 Å². The summed E-state index contributed by atoms with van der Waals surface area (Å²) in [5.74, 6) is -2.89. The van der Waals surface area contributed by atoms with Gasteiger partial charge in [0.05, 0.1) is 18.7 Å². The molecular formula is C21H21F2NO5. The Morgan fingerprint density at radius 1 is 1.07 bits per heavy atom. The molecule has 1 fully saturated rings. The van der Waals surface area contributed by atoms with Crippen LogP contribution in [0.2, 0.25) is 0 Å². The van der Waals surface area contributed by atoms with Gasteiger partial charge in [-0.05, 0) is 56.7 Å². The molecule has 1 amide bonds. The molecule has 29 heavy (non-hydrogen) atoms. The number of carbonyl (C=O) groups excluding carboxylic acids is 1. The van der Waals surface area contributed by atoms with E-state index in [4.69, 9.17) is 9.47 Å². The molecule has 0 radical (unpaired) electrons. The molecule has 0 bridgehead atoms. The molecule has 0 saturated carbocycles. The summed E-state index contributed by atoms with van der Waals surface area (Å²) in [6, 6.07) is 7.47. The molecule has 1 saturated heterocycles. The number of hydrogen-bond donors (Lipinski definition) is 1. The topological polar surface area (TPSA) is 76.1 Å². The van der Waals surface area contributed by atoms with Crippen LogP contribution in [0.3, 0.4) is 0 Å². The fourth-order valence-corrected chi connectivity index (χ4v) is 2.82. The summed E-state index contributed by atoms with van der Waals surface area (Å²) in [5.41, 5.74) is -0.0129. The Morgan fingerprint density at radius 3 is 2.34 bits per heavy atom. The monoisotopic (exact) mass is 405 g/mol. The van der Waals surface area contributed by atoms with Crippen LogP contribution in [0.1, 0.15) is 31.1 Å². The third-order valence-corrected chi connectivity index (χ3v) is 4.25. The Hall–Kier alpha value is -3.16. The Balaban J connectivity index is 1.79. The standard InChI is InChI=1S/C21H21F2NO5/c1-21(2,3)29-20(27)24-10-14(11-24)28-18-7-5-13(19(25)26)8-15(18)12-4-6-16(22)17(23)9-12/h4-9,14H,10-11H2,1-3H3,(H,25,26). The molecule has 1 aliphatic heterocycles. The van der Waals surface area contributed by atoms with Crippen LogP contribution in [-0.2, 0) is 4.74 Å². The van der Waals surface area contributed by atoms with Crippen molar-refractivity contribution in [3.8, 4) is 16.9 Å². The highest BCUT2D eigenvalue weighted by atomic mass is 19.2. The van der Waals surface area contributed by atoms with Crippen molar-refractivity contribution < 1.29 is 33.0 Å². The number of carboxylic acid groups (broad SMARTS) is 1. The van der Waals surface area contributed by atoms with Gasteiger partial charge in [-0.15, -0.1) is 0 Å². The van der Waals surface area contributed by atoms with Crippen molar-refractivity contribution in [1.82, 2.24) is 4.90 Å². The van der Waals surface area contributed by atoms with Gasteiger partial charge in [-0.1, -0.05) is 6.07 Å². The lowest BCUT2D eigenvalue weighted by Crippen LogP contribution is -2.57. The summed E-state index contributed by atoms with van der Waals surface area (Å²) >= 11 is 0. The number of carboxylic acids is 1. The van der Waals surface area contributed by atoms with Gasteiger partial charge in [0.1, 0.15) is 17.5 Å². The average Bonchev–Trinajstić information content (AvgIpc) is 2.58. The first kappa shape index (κ1) is 20.6. The SMILES string of the molecule is CC(C)(C)OC(=O)N1CC(Oc2ccc(C(=O)O)cc2-c2ccc(F)c(F)c2)C1. The van der Waals surface area contributed by atoms with E-state index in [2.05, 4.69) is 0 Å². The highest BCUT2D eigenvalue weighted by Crippen LogP contribution is 2.34. The second kappa shape index (κ2) is 7.69. The number of benzene rings is 2. The predicted octanol–water partition coefficient (Wildman–Crippen LogP) is 4.33. The smallest absolute Gasteiger partial charge is 0.410 e. The summed E-state index contributed by atoms with van der Waals surface area (Å²) in [5, 5.41) is 9.24. The molecule has 1 heterocycles. The molecular weight excluding hydrogens is 384 g/mol. The van der Waals surface area contributed by atoms with E-state index < -0.39 is 29.3 Å². The van der Waals surface area contributed by atoms with E-state index in [1.807, 2.05) is 0 Å². The highest BCUT2D eigenvalue weighted by molar-refractivity contribution is 5.90. The van der Waals surface area contributed by atoms with E-state index in [0.717, 1.165) is 12.1 Å². The first-order valence-electron chi connectivity index (χ1n) is 9.01. The van der Waals surface area contributed by atoms with Crippen molar-refractivity contribution in [1.29, 1.82) is 0 Å². The van der Waals surface area contributed by atoms with Crippen LogP contribution in [-0.4, -0.2) is 46.9 Å². The molecule has 0 atom stereocenters. The van der Waals surface area contributed by atoms with Crippen LogP contribution in [0, 0.1) is 11.6 Å². The Bertz CT molecular complexity index is 949. The predicted molar refractivity (Wildman–Crippen MR) is 101 cm³/mol. The fraction of sp³-hybridized carbons (Fsp3) is 0.333. The van der Waals surface area contributed by atoms with E-state index in [1.54, 1.807) is 20.8 Å². The third-order valence-electron chi connectivity index (χ3n) is 4.25. The second-order valence-electron chi connectivity index (χ2n) is 7.77. The lowest BCUT2D eigenvalue weighted by Gasteiger charge is -2.39. The maximum atomic E-state index is 13.7. The summed E-state index contributed by atoms with van der Waals surface area (Å²) < 4.78 is 38.1. The van der Waals surface area contributed by atoms with Crippen molar-refractivity contribution in [2.45, 2.75) is 32.5 Å².